The number of aromatic nitrogens is 3. The van der Waals surface area contributed by atoms with Crippen molar-refractivity contribution < 1.29 is 0 Å². The summed E-state index contributed by atoms with van der Waals surface area (Å²) in [6.07, 6.45) is 3.34. The Kier molecular flexibility index (Phi) is 4.13. The molecule has 2 heterocycles. The van der Waals surface area contributed by atoms with E-state index in [0.717, 1.165) is 60.2 Å². The molecule has 5 nitrogen and oxygen atoms in total. The molecule has 0 aliphatic rings. The van der Waals surface area contributed by atoms with Gasteiger partial charge in [-0.15, -0.1) is 0 Å². The average molecular weight is 297 g/mol. The van der Waals surface area contributed by atoms with Gasteiger partial charge in [0.05, 0.1) is 11.0 Å². The summed E-state index contributed by atoms with van der Waals surface area (Å²) in [4.78, 5) is 9.21. The van der Waals surface area contributed by atoms with Crippen molar-refractivity contribution in [3.05, 3.63) is 24.3 Å². The zero-order valence-electron chi connectivity index (χ0n) is 13.3. The van der Waals surface area contributed by atoms with Gasteiger partial charge in [0.2, 0.25) is 5.95 Å². The first-order valence-corrected chi connectivity index (χ1v) is 8.04. The Labute approximate surface area is 130 Å². The van der Waals surface area contributed by atoms with Crippen LogP contribution in [0.15, 0.2) is 24.3 Å². The van der Waals surface area contributed by atoms with E-state index >= 15 is 0 Å². The van der Waals surface area contributed by atoms with Crippen molar-refractivity contribution in [3.8, 4) is 0 Å². The molecule has 0 bridgehead atoms. The highest BCUT2D eigenvalue weighted by Crippen LogP contribution is 2.30. The standard InChI is InChI=1S/C17H23N5/c1-3-5-10-19-17-21-14-15(22(17)11-4-2)12-8-6-7-9-13(12)20-16(14)18/h6-9H,3-5,10-11H2,1-2H3,(H2,18,20)(H,19,21). The van der Waals surface area contributed by atoms with E-state index in [1.54, 1.807) is 0 Å². The first kappa shape index (κ1) is 14.6. The maximum absolute atomic E-state index is 6.14. The highest BCUT2D eigenvalue weighted by Gasteiger charge is 2.16. The van der Waals surface area contributed by atoms with Gasteiger partial charge in [-0.25, -0.2) is 9.97 Å². The van der Waals surface area contributed by atoms with Crippen molar-refractivity contribution in [1.82, 2.24) is 14.5 Å². The van der Waals surface area contributed by atoms with E-state index < -0.39 is 0 Å². The van der Waals surface area contributed by atoms with Crippen molar-refractivity contribution >= 4 is 33.7 Å². The van der Waals surface area contributed by atoms with Crippen LogP contribution < -0.4 is 11.1 Å². The summed E-state index contributed by atoms with van der Waals surface area (Å²) >= 11 is 0. The molecule has 0 aliphatic heterocycles. The third kappa shape index (κ3) is 2.47. The summed E-state index contributed by atoms with van der Waals surface area (Å²) in [5.74, 6) is 1.40. The summed E-state index contributed by atoms with van der Waals surface area (Å²) in [5.41, 5.74) is 8.95. The molecule has 0 aliphatic carbocycles. The summed E-state index contributed by atoms with van der Waals surface area (Å²) in [7, 11) is 0. The number of fused-ring (bicyclic) bond motifs is 3. The normalized spacial score (nSPS) is 11.4. The molecule has 22 heavy (non-hydrogen) atoms. The fourth-order valence-electron chi connectivity index (χ4n) is 2.81. The van der Waals surface area contributed by atoms with Crippen molar-refractivity contribution in [2.24, 2.45) is 0 Å². The van der Waals surface area contributed by atoms with E-state index in [0.29, 0.717) is 5.82 Å². The minimum absolute atomic E-state index is 0.502. The molecule has 0 atom stereocenters. The Bertz CT molecular complexity index is 790. The van der Waals surface area contributed by atoms with E-state index in [-0.39, 0.29) is 0 Å². The van der Waals surface area contributed by atoms with Gasteiger partial charge in [-0.05, 0) is 18.9 Å². The lowest BCUT2D eigenvalue weighted by molar-refractivity contribution is 0.698. The predicted octanol–water partition coefficient (Wildman–Crippen LogP) is 3.79. The van der Waals surface area contributed by atoms with Crippen LogP contribution in [0.25, 0.3) is 21.9 Å². The molecule has 0 spiro atoms. The topological polar surface area (TPSA) is 68.8 Å². The molecule has 0 saturated carbocycles. The number of para-hydroxylation sites is 1. The van der Waals surface area contributed by atoms with Crippen LogP contribution in [0.1, 0.15) is 33.1 Å². The van der Waals surface area contributed by atoms with Gasteiger partial charge < -0.3 is 15.6 Å². The molecule has 0 saturated heterocycles. The van der Waals surface area contributed by atoms with Gasteiger partial charge >= 0.3 is 0 Å². The number of benzene rings is 1. The Hall–Kier alpha value is -2.30. The largest absolute Gasteiger partial charge is 0.382 e. The van der Waals surface area contributed by atoms with Gasteiger partial charge in [-0.1, -0.05) is 38.5 Å². The molecule has 1 aromatic carbocycles. The molecule has 3 aromatic rings. The maximum Gasteiger partial charge on any atom is 0.204 e. The summed E-state index contributed by atoms with van der Waals surface area (Å²) < 4.78 is 2.24. The summed E-state index contributed by atoms with van der Waals surface area (Å²) in [6, 6.07) is 8.11. The number of anilines is 2. The van der Waals surface area contributed by atoms with Crippen LogP contribution in [0.2, 0.25) is 0 Å². The van der Waals surface area contributed by atoms with Gasteiger partial charge in [0.25, 0.3) is 0 Å². The highest BCUT2D eigenvalue weighted by molar-refractivity contribution is 6.07. The second-order valence-corrected chi connectivity index (χ2v) is 5.58. The number of nitrogen functional groups attached to an aromatic ring is 1. The number of hydrogen-bond donors (Lipinski definition) is 2. The number of imidazole rings is 1. The number of hydrogen-bond acceptors (Lipinski definition) is 4. The number of unbranched alkanes of at least 4 members (excludes halogenated alkanes) is 1. The van der Waals surface area contributed by atoms with Crippen LogP contribution in [0.5, 0.6) is 0 Å². The zero-order valence-corrected chi connectivity index (χ0v) is 13.3. The average Bonchev–Trinajstić information content (AvgIpc) is 2.88. The SMILES string of the molecule is CCCCNc1nc2c(N)nc3ccccc3c2n1CCC. The maximum atomic E-state index is 6.14. The Morgan fingerprint density at radius 2 is 1.95 bits per heavy atom. The molecule has 2 aromatic heterocycles. The van der Waals surface area contributed by atoms with Crippen LogP contribution in [0.4, 0.5) is 11.8 Å². The van der Waals surface area contributed by atoms with Crippen LogP contribution in [0.3, 0.4) is 0 Å². The van der Waals surface area contributed by atoms with Crippen molar-refractivity contribution in [2.75, 3.05) is 17.6 Å². The fraction of sp³-hybridized carbons (Fsp3) is 0.412. The molecule has 5 heteroatoms. The monoisotopic (exact) mass is 297 g/mol. The van der Waals surface area contributed by atoms with Gasteiger partial charge in [0.1, 0.15) is 5.52 Å². The summed E-state index contributed by atoms with van der Waals surface area (Å²) in [6.45, 7) is 6.20. The Morgan fingerprint density at radius 3 is 2.73 bits per heavy atom. The van der Waals surface area contributed by atoms with E-state index in [4.69, 9.17) is 10.7 Å². The number of nitrogens with two attached hydrogens (primary N) is 1. The second-order valence-electron chi connectivity index (χ2n) is 5.58. The quantitative estimate of drug-likeness (QED) is 0.679. The molecule has 0 fully saturated rings. The molecular weight excluding hydrogens is 274 g/mol. The third-order valence-corrected chi connectivity index (χ3v) is 3.87. The molecular formula is C17H23N5. The second kappa shape index (κ2) is 6.22. The molecule has 3 N–H and O–H groups in total. The van der Waals surface area contributed by atoms with E-state index in [2.05, 4.69) is 34.8 Å². The van der Waals surface area contributed by atoms with Gasteiger partial charge in [0.15, 0.2) is 5.82 Å². The minimum Gasteiger partial charge on any atom is -0.382 e. The van der Waals surface area contributed by atoms with Crippen LogP contribution in [-0.2, 0) is 6.54 Å². The zero-order chi connectivity index (χ0) is 15.5. The minimum atomic E-state index is 0.502. The van der Waals surface area contributed by atoms with Crippen molar-refractivity contribution in [1.29, 1.82) is 0 Å². The van der Waals surface area contributed by atoms with Crippen LogP contribution >= 0.6 is 0 Å². The Morgan fingerprint density at radius 1 is 1.14 bits per heavy atom. The molecule has 0 unspecified atom stereocenters. The highest BCUT2D eigenvalue weighted by atomic mass is 15.2. The fourth-order valence-corrected chi connectivity index (χ4v) is 2.81. The van der Waals surface area contributed by atoms with Gasteiger partial charge in [0, 0.05) is 18.5 Å². The van der Waals surface area contributed by atoms with Gasteiger partial charge in [-0.2, -0.15) is 0 Å². The van der Waals surface area contributed by atoms with E-state index in [1.165, 1.54) is 0 Å². The number of nitrogens with zero attached hydrogens (tertiary/aromatic N) is 3. The Balaban J connectivity index is 2.22. The van der Waals surface area contributed by atoms with E-state index in [1.807, 2.05) is 18.2 Å². The van der Waals surface area contributed by atoms with Crippen molar-refractivity contribution in [3.63, 3.8) is 0 Å². The van der Waals surface area contributed by atoms with E-state index in [9.17, 15) is 0 Å². The number of nitrogens with one attached hydrogen (secondary N) is 1. The van der Waals surface area contributed by atoms with Gasteiger partial charge in [-0.3, -0.25) is 0 Å². The molecule has 3 rings (SSSR count). The molecule has 0 amide bonds. The smallest absolute Gasteiger partial charge is 0.204 e. The lowest BCUT2D eigenvalue weighted by Gasteiger charge is -2.10. The van der Waals surface area contributed by atoms with Crippen LogP contribution in [-0.4, -0.2) is 21.1 Å². The van der Waals surface area contributed by atoms with Crippen molar-refractivity contribution in [2.45, 2.75) is 39.7 Å². The number of aryl methyl sites for hydroxylation is 1. The lowest BCUT2D eigenvalue weighted by Crippen LogP contribution is -2.08. The molecule has 116 valence electrons. The summed E-state index contributed by atoms with van der Waals surface area (Å²) in [5, 5.41) is 4.56. The number of rotatable bonds is 6. The third-order valence-electron chi connectivity index (χ3n) is 3.87. The number of pyridine rings is 1. The lowest BCUT2D eigenvalue weighted by atomic mass is 10.2. The first-order chi connectivity index (χ1) is 10.8. The predicted molar refractivity (Wildman–Crippen MR) is 93.1 cm³/mol. The molecule has 0 radical (unpaired) electrons. The first-order valence-electron chi connectivity index (χ1n) is 8.04. The van der Waals surface area contributed by atoms with Crippen LogP contribution in [0, 0.1) is 0 Å².